The Morgan fingerprint density at radius 2 is 1.67 bits per heavy atom. The van der Waals surface area contributed by atoms with Crippen LogP contribution >= 0.6 is 7.60 Å². The molecule has 1 amide bonds. The van der Waals surface area contributed by atoms with Crippen LogP contribution in [0.15, 0.2) is 59.5 Å². The molecule has 2 heterocycles. The minimum Gasteiger partial charge on any atom is -0.481 e. The van der Waals surface area contributed by atoms with Crippen LogP contribution in [0.4, 0.5) is 4.79 Å². The zero-order valence-electron chi connectivity index (χ0n) is 30.2. The lowest BCUT2D eigenvalue weighted by Crippen LogP contribution is -2.51. The van der Waals surface area contributed by atoms with Gasteiger partial charge in [0.05, 0.1) is 49.4 Å². The highest BCUT2D eigenvalue weighted by molar-refractivity contribution is 7.89. The van der Waals surface area contributed by atoms with Gasteiger partial charge in [0, 0.05) is 13.1 Å². The minimum absolute atomic E-state index is 0.00850. The average molecular weight is 755 g/mol. The zero-order chi connectivity index (χ0) is 36.9. The zero-order valence-corrected chi connectivity index (χ0v) is 31.9. The topological polar surface area (TPSA) is 159 Å². The number of benzene rings is 2. The summed E-state index contributed by atoms with van der Waals surface area (Å²) in [5.41, 5.74) is 0.847. The number of aliphatic hydroxyl groups excluding tert-OH is 1. The summed E-state index contributed by atoms with van der Waals surface area (Å²) in [5.74, 6) is 0.176. The van der Waals surface area contributed by atoms with Crippen LogP contribution in [-0.4, -0.2) is 94.3 Å². The second-order valence-electron chi connectivity index (χ2n) is 13.4. The summed E-state index contributed by atoms with van der Waals surface area (Å²) in [5, 5.41) is 14.4. The van der Waals surface area contributed by atoms with Crippen LogP contribution in [0, 0.1) is 11.8 Å². The number of carbonyl (C=O) groups is 1. The molecule has 51 heavy (non-hydrogen) atoms. The summed E-state index contributed by atoms with van der Waals surface area (Å²) in [6, 6.07) is 14.2. The minimum atomic E-state index is -4.11. The number of sulfonamides is 1. The Morgan fingerprint density at radius 1 is 1.00 bits per heavy atom. The molecule has 286 valence electrons. The highest BCUT2D eigenvalue weighted by Gasteiger charge is 2.44. The second kappa shape index (κ2) is 20.1. The molecule has 0 unspecified atom stereocenters. The summed E-state index contributed by atoms with van der Waals surface area (Å²) < 4.78 is 76.3. The molecule has 2 aromatic rings. The number of rotatable bonds is 22. The molecule has 0 saturated carbocycles. The van der Waals surface area contributed by atoms with Crippen molar-refractivity contribution in [2.24, 2.45) is 11.8 Å². The monoisotopic (exact) mass is 754 g/mol. The first-order valence-corrected chi connectivity index (χ1v) is 21.1. The number of hydrogen-bond acceptors (Lipinski definition) is 11. The van der Waals surface area contributed by atoms with Crippen LogP contribution < -0.4 is 10.1 Å². The van der Waals surface area contributed by atoms with Crippen molar-refractivity contribution in [1.29, 1.82) is 0 Å². The fourth-order valence-corrected chi connectivity index (χ4v) is 8.82. The van der Waals surface area contributed by atoms with E-state index in [1.807, 2.05) is 58.0 Å². The maximum Gasteiger partial charge on any atom is 0.407 e. The fourth-order valence-electron chi connectivity index (χ4n) is 5.85. The maximum atomic E-state index is 14.0. The largest absolute Gasteiger partial charge is 0.481 e. The molecular weight excluding hydrogens is 699 g/mol. The number of carbonyl (C=O) groups excluding carboxylic acids is 1. The predicted molar refractivity (Wildman–Crippen MR) is 192 cm³/mol. The Morgan fingerprint density at radius 3 is 2.29 bits per heavy atom. The Bertz CT molecular complexity index is 1480. The van der Waals surface area contributed by atoms with E-state index < -0.39 is 42.0 Å². The number of nitrogens with one attached hydrogen (secondary N) is 1. The molecule has 0 aliphatic carbocycles. The average Bonchev–Trinajstić information content (AvgIpc) is 3.73. The van der Waals surface area contributed by atoms with Crippen molar-refractivity contribution in [3.63, 3.8) is 0 Å². The number of ether oxygens (including phenoxy) is 4. The summed E-state index contributed by atoms with van der Waals surface area (Å²) in [6.07, 6.45) is 0.987. The number of hydrogen-bond donors (Lipinski definition) is 2. The van der Waals surface area contributed by atoms with E-state index in [1.54, 1.807) is 0 Å². The molecule has 4 rings (SSSR count). The van der Waals surface area contributed by atoms with E-state index in [1.165, 1.54) is 28.6 Å². The normalized spacial score (nSPS) is 20.3. The van der Waals surface area contributed by atoms with Gasteiger partial charge in [-0.3, -0.25) is 4.57 Å². The van der Waals surface area contributed by atoms with E-state index >= 15 is 0 Å². The van der Waals surface area contributed by atoms with Crippen LogP contribution in [0.1, 0.15) is 65.4 Å². The molecule has 2 fully saturated rings. The predicted octanol–water partition coefficient (Wildman–Crippen LogP) is 5.96. The Labute approximate surface area is 302 Å². The standard InChI is InChI=1S/C36H55N2O11PS/c1-5-7-19-47-50(41,48-20-8-6-2)26-46-29-14-16-30(17-15-29)51(42,43)38(23-27(3)4)24-33(39)32(22-28-12-10-9-11-13-28)37-36(40)49-34-25-45-35-31(34)18-21-44-35/h9-17,27,31-35,39H,5-8,18-26H2,1-4H3,(H,37,40)/t31-,32-,33+,34-,35+/m0/s1. The van der Waals surface area contributed by atoms with Crippen molar-refractivity contribution >= 4 is 23.7 Å². The first kappa shape index (κ1) is 41.2. The van der Waals surface area contributed by atoms with Gasteiger partial charge in [0.15, 0.2) is 12.6 Å². The van der Waals surface area contributed by atoms with Crippen molar-refractivity contribution in [2.75, 3.05) is 45.9 Å². The number of aliphatic hydroxyl groups is 1. The van der Waals surface area contributed by atoms with Gasteiger partial charge in [-0.2, -0.15) is 4.31 Å². The molecule has 0 aromatic heterocycles. The summed E-state index contributed by atoms with van der Waals surface area (Å²) in [6.45, 7) is 8.94. The van der Waals surface area contributed by atoms with Gasteiger partial charge in [-0.05, 0) is 61.4 Å². The molecule has 0 spiro atoms. The molecule has 5 atom stereocenters. The molecule has 2 aromatic carbocycles. The van der Waals surface area contributed by atoms with Crippen LogP contribution in [0.2, 0.25) is 0 Å². The van der Waals surface area contributed by atoms with Gasteiger partial charge < -0.3 is 38.4 Å². The number of alkyl carbamates (subject to hydrolysis) is 1. The maximum absolute atomic E-state index is 14.0. The molecule has 0 radical (unpaired) electrons. The van der Waals surface area contributed by atoms with Crippen LogP contribution in [0.5, 0.6) is 5.75 Å². The third-order valence-corrected chi connectivity index (χ3v) is 12.1. The molecular formula is C36H55N2O11PS. The molecule has 2 aliphatic heterocycles. The fraction of sp³-hybridized carbons (Fsp3) is 0.639. The van der Waals surface area contributed by atoms with Gasteiger partial charge in [0.25, 0.3) is 0 Å². The quantitative estimate of drug-likeness (QED) is 0.108. The molecule has 15 heteroatoms. The van der Waals surface area contributed by atoms with Crippen molar-refractivity contribution in [1.82, 2.24) is 9.62 Å². The number of amides is 1. The van der Waals surface area contributed by atoms with Gasteiger partial charge in [0.1, 0.15) is 11.9 Å². The molecule has 2 aliphatic rings. The van der Waals surface area contributed by atoms with E-state index in [2.05, 4.69) is 5.32 Å². The van der Waals surface area contributed by atoms with Crippen LogP contribution in [0.25, 0.3) is 0 Å². The van der Waals surface area contributed by atoms with Crippen molar-refractivity contribution in [3.05, 3.63) is 60.2 Å². The first-order valence-electron chi connectivity index (χ1n) is 18.0. The van der Waals surface area contributed by atoms with Crippen LogP contribution in [0.3, 0.4) is 0 Å². The van der Waals surface area contributed by atoms with Gasteiger partial charge in [0.2, 0.25) is 10.0 Å². The lowest BCUT2D eigenvalue weighted by Gasteiger charge is -2.31. The summed E-state index contributed by atoms with van der Waals surface area (Å²) >= 11 is 0. The third kappa shape index (κ3) is 12.5. The number of nitrogens with zero attached hydrogens (tertiary/aromatic N) is 1. The number of fused-ring (bicyclic) bond motifs is 1. The SMILES string of the molecule is CCCCOP(=O)(COc1ccc(S(=O)(=O)N(CC(C)C)C[C@@H](O)[C@H](Cc2ccccc2)NC(=O)O[C@H]2CO[C@H]3OCC[C@H]32)cc1)OCCCC. The highest BCUT2D eigenvalue weighted by atomic mass is 32.2. The van der Waals surface area contributed by atoms with Crippen molar-refractivity contribution in [2.45, 2.75) is 95.7 Å². The Kier molecular flexibility index (Phi) is 16.2. The Balaban J connectivity index is 1.45. The lowest BCUT2D eigenvalue weighted by atomic mass is 10.0. The van der Waals surface area contributed by atoms with E-state index in [-0.39, 0.29) is 68.7 Å². The molecule has 13 nitrogen and oxygen atoms in total. The van der Waals surface area contributed by atoms with Gasteiger partial charge in [-0.25, -0.2) is 13.2 Å². The van der Waals surface area contributed by atoms with E-state index in [4.69, 9.17) is 28.0 Å². The van der Waals surface area contributed by atoms with E-state index in [0.717, 1.165) is 37.7 Å². The summed E-state index contributed by atoms with van der Waals surface area (Å²) in [7, 11) is -7.63. The van der Waals surface area contributed by atoms with Gasteiger partial charge in [-0.15, -0.1) is 0 Å². The number of unbranched alkanes of at least 4 members (excludes halogenated alkanes) is 2. The highest BCUT2D eigenvalue weighted by Crippen LogP contribution is 2.48. The van der Waals surface area contributed by atoms with E-state index in [9.17, 15) is 22.9 Å². The smallest absolute Gasteiger partial charge is 0.407 e. The van der Waals surface area contributed by atoms with Gasteiger partial charge >= 0.3 is 13.7 Å². The van der Waals surface area contributed by atoms with Crippen molar-refractivity contribution in [3.8, 4) is 5.75 Å². The molecule has 2 N–H and O–H groups in total. The third-order valence-electron chi connectivity index (χ3n) is 8.69. The Hall–Kier alpha value is -2.55. The van der Waals surface area contributed by atoms with E-state index in [0.29, 0.717) is 12.4 Å². The lowest BCUT2D eigenvalue weighted by molar-refractivity contribution is -0.0907. The second-order valence-corrected chi connectivity index (χ2v) is 17.4. The van der Waals surface area contributed by atoms with Crippen molar-refractivity contribution < 1.29 is 50.9 Å². The van der Waals surface area contributed by atoms with Crippen LogP contribution in [-0.2, 0) is 44.3 Å². The summed E-state index contributed by atoms with van der Waals surface area (Å²) in [4.78, 5) is 13.1. The van der Waals surface area contributed by atoms with Gasteiger partial charge in [-0.1, -0.05) is 70.9 Å². The first-order chi connectivity index (χ1) is 24.4. The molecule has 2 saturated heterocycles. The molecule has 0 bridgehead atoms.